The van der Waals surface area contributed by atoms with Crippen LogP contribution in [0.2, 0.25) is 0 Å². The fourth-order valence-electron chi connectivity index (χ4n) is 5.18. The van der Waals surface area contributed by atoms with Gasteiger partial charge in [-0.2, -0.15) is 0 Å². The number of rotatable bonds is 5. The van der Waals surface area contributed by atoms with E-state index >= 15 is 0 Å². The smallest absolute Gasteiger partial charge is 0.0508 e. The molecule has 0 saturated carbocycles. The van der Waals surface area contributed by atoms with Gasteiger partial charge in [-0.1, -0.05) is 13.8 Å². The van der Waals surface area contributed by atoms with Crippen LogP contribution in [0.4, 0.5) is 0 Å². The van der Waals surface area contributed by atoms with Crippen molar-refractivity contribution in [1.29, 1.82) is 0 Å². The van der Waals surface area contributed by atoms with Crippen molar-refractivity contribution in [2.45, 2.75) is 45.6 Å². The molecule has 3 saturated heterocycles. The Labute approximate surface area is 142 Å². The van der Waals surface area contributed by atoms with Gasteiger partial charge in [-0.3, -0.25) is 0 Å². The quantitative estimate of drug-likeness (QED) is 0.776. The first kappa shape index (κ1) is 17.7. The Kier molecular flexibility index (Phi) is 6.00. The molecular weight excluding hydrogens is 288 g/mol. The zero-order valence-electron chi connectivity index (χ0n) is 15.4. The summed E-state index contributed by atoms with van der Waals surface area (Å²) in [5.74, 6) is 1.48. The summed E-state index contributed by atoms with van der Waals surface area (Å²) in [6.45, 7) is 13.9. The van der Waals surface area contributed by atoms with E-state index in [1.165, 1.54) is 58.4 Å². The molecule has 3 fully saturated rings. The largest absolute Gasteiger partial charge is 0.384 e. The number of likely N-dealkylation sites (tertiary alicyclic amines) is 2. The highest BCUT2D eigenvalue weighted by molar-refractivity contribution is 5.00. The number of hydrogen-bond acceptors (Lipinski definition) is 4. The highest BCUT2D eigenvalue weighted by Crippen LogP contribution is 2.45. The third kappa shape index (κ3) is 4.09. The number of hydrogen-bond donors (Lipinski definition) is 0. The maximum Gasteiger partial charge on any atom is 0.0508 e. The van der Waals surface area contributed by atoms with Gasteiger partial charge in [0.2, 0.25) is 0 Å². The van der Waals surface area contributed by atoms with Gasteiger partial charge in [-0.05, 0) is 50.1 Å². The summed E-state index contributed by atoms with van der Waals surface area (Å²) in [4.78, 5) is 5.46. The summed E-state index contributed by atoms with van der Waals surface area (Å²) in [6.07, 6.45) is 5.17. The standard InChI is InChI=1S/C19H36N2O2/c1-16(2)12-20-13-17(14-22-3)19(15-20)6-8-21(9-7-19)18-4-10-23-11-5-18/h16-18H,4-15H2,1-3H3. The van der Waals surface area contributed by atoms with E-state index in [0.717, 1.165) is 37.7 Å². The SMILES string of the molecule is COCC1CN(CC(C)C)CC12CCN(C1CCOCC1)CC2. The molecular formula is C19H36N2O2. The lowest BCUT2D eigenvalue weighted by Crippen LogP contribution is -2.50. The lowest BCUT2D eigenvalue weighted by molar-refractivity contribution is -0.0109. The Bertz CT molecular complexity index is 360. The van der Waals surface area contributed by atoms with Gasteiger partial charge in [-0.15, -0.1) is 0 Å². The van der Waals surface area contributed by atoms with E-state index in [4.69, 9.17) is 9.47 Å². The van der Waals surface area contributed by atoms with Gasteiger partial charge in [0, 0.05) is 51.9 Å². The molecule has 23 heavy (non-hydrogen) atoms. The molecule has 4 heteroatoms. The fraction of sp³-hybridized carbons (Fsp3) is 1.00. The van der Waals surface area contributed by atoms with E-state index in [2.05, 4.69) is 23.6 Å². The Balaban J connectivity index is 1.59. The zero-order valence-corrected chi connectivity index (χ0v) is 15.4. The van der Waals surface area contributed by atoms with Crippen molar-refractivity contribution >= 4 is 0 Å². The number of ether oxygens (including phenoxy) is 2. The van der Waals surface area contributed by atoms with Crippen molar-refractivity contribution in [1.82, 2.24) is 9.80 Å². The average molecular weight is 325 g/mol. The van der Waals surface area contributed by atoms with Crippen LogP contribution in [0.15, 0.2) is 0 Å². The molecule has 0 radical (unpaired) electrons. The minimum atomic E-state index is 0.507. The van der Waals surface area contributed by atoms with Crippen LogP contribution in [0.25, 0.3) is 0 Å². The van der Waals surface area contributed by atoms with Crippen molar-refractivity contribution in [2.24, 2.45) is 17.3 Å². The molecule has 0 aromatic carbocycles. The fourth-order valence-corrected chi connectivity index (χ4v) is 5.18. The van der Waals surface area contributed by atoms with Crippen LogP contribution >= 0.6 is 0 Å². The molecule has 3 rings (SSSR count). The van der Waals surface area contributed by atoms with E-state index in [1.807, 2.05) is 7.11 Å². The molecule has 0 aromatic heterocycles. The van der Waals surface area contributed by atoms with Crippen LogP contribution in [0, 0.1) is 17.3 Å². The summed E-state index contributed by atoms with van der Waals surface area (Å²) < 4.78 is 11.1. The van der Waals surface area contributed by atoms with Crippen molar-refractivity contribution in [2.75, 3.05) is 59.7 Å². The van der Waals surface area contributed by atoms with Crippen LogP contribution < -0.4 is 0 Å². The molecule has 4 nitrogen and oxygen atoms in total. The van der Waals surface area contributed by atoms with Gasteiger partial charge in [0.25, 0.3) is 0 Å². The lowest BCUT2D eigenvalue weighted by atomic mass is 9.71. The van der Waals surface area contributed by atoms with Crippen LogP contribution in [-0.4, -0.2) is 75.5 Å². The monoisotopic (exact) mass is 324 g/mol. The molecule has 3 aliphatic rings. The van der Waals surface area contributed by atoms with Gasteiger partial charge >= 0.3 is 0 Å². The molecule has 1 unspecified atom stereocenters. The normalized spacial score (nSPS) is 30.5. The van der Waals surface area contributed by atoms with Crippen LogP contribution in [0.5, 0.6) is 0 Å². The molecule has 0 aliphatic carbocycles. The van der Waals surface area contributed by atoms with Crippen molar-refractivity contribution in [3.05, 3.63) is 0 Å². The van der Waals surface area contributed by atoms with Gasteiger partial charge in [0.05, 0.1) is 6.61 Å². The van der Waals surface area contributed by atoms with E-state index in [1.54, 1.807) is 0 Å². The number of methoxy groups -OCH3 is 1. The molecule has 3 heterocycles. The molecule has 0 bridgehead atoms. The summed E-state index contributed by atoms with van der Waals surface area (Å²) in [5, 5.41) is 0. The minimum Gasteiger partial charge on any atom is -0.384 e. The third-order valence-corrected chi connectivity index (χ3v) is 6.38. The molecule has 3 aliphatic heterocycles. The predicted octanol–water partition coefficient (Wildman–Crippen LogP) is 2.48. The zero-order chi connectivity index (χ0) is 16.3. The summed E-state index contributed by atoms with van der Waals surface area (Å²) in [7, 11) is 1.87. The second-order valence-corrected chi connectivity index (χ2v) is 8.48. The first-order chi connectivity index (χ1) is 11.1. The first-order valence-electron chi connectivity index (χ1n) is 9.66. The van der Waals surface area contributed by atoms with Gasteiger partial charge in [0.15, 0.2) is 0 Å². The Hall–Kier alpha value is -0.160. The third-order valence-electron chi connectivity index (χ3n) is 6.38. The topological polar surface area (TPSA) is 24.9 Å². The van der Waals surface area contributed by atoms with Crippen LogP contribution in [-0.2, 0) is 9.47 Å². The van der Waals surface area contributed by atoms with Gasteiger partial charge in [0.1, 0.15) is 0 Å². The molecule has 0 amide bonds. The van der Waals surface area contributed by atoms with E-state index < -0.39 is 0 Å². The molecule has 134 valence electrons. The summed E-state index contributed by atoms with van der Waals surface area (Å²) in [6, 6.07) is 0.773. The Morgan fingerprint density at radius 1 is 1.17 bits per heavy atom. The highest BCUT2D eigenvalue weighted by Gasteiger charge is 2.48. The highest BCUT2D eigenvalue weighted by atomic mass is 16.5. The predicted molar refractivity (Wildman–Crippen MR) is 93.7 cm³/mol. The van der Waals surface area contributed by atoms with Crippen molar-refractivity contribution < 1.29 is 9.47 Å². The Morgan fingerprint density at radius 2 is 1.87 bits per heavy atom. The lowest BCUT2D eigenvalue weighted by Gasteiger charge is -2.46. The molecule has 0 aromatic rings. The second kappa shape index (κ2) is 7.81. The molecule has 0 N–H and O–H groups in total. The first-order valence-corrected chi connectivity index (χ1v) is 9.66. The van der Waals surface area contributed by atoms with E-state index in [9.17, 15) is 0 Å². The summed E-state index contributed by atoms with van der Waals surface area (Å²) in [5.41, 5.74) is 0.507. The number of piperidine rings is 1. The maximum absolute atomic E-state index is 5.59. The van der Waals surface area contributed by atoms with Gasteiger partial charge in [-0.25, -0.2) is 0 Å². The second-order valence-electron chi connectivity index (χ2n) is 8.48. The van der Waals surface area contributed by atoms with Crippen LogP contribution in [0.1, 0.15) is 39.5 Å². The van der Waals surface area contributed by atoms with Crippen molar-refractivity contribution in [3.8, 4) is 0 Å². The average Bonchev–Trinajstić information content (AvgIpc) is 2.85. The van der Waals surface area contributed by atoms with E-state index in [-0.39, 0.29) is 0 Å². The Morgan fingerprint density at radius 3 is 2.48 bits per heavy atom. The minimum absolute atomic E-state index is 0.507. The van der Waals surface area contributed by atoms with Crippen molar-refractivity contribution in [3.63, 3.8) is 0 Å². The molecule has 1 atom stereocenters. The van der Waals surface area contributed by atoms with E-state index in [0.29, 0.717) is 5.41 Å². The summed E-state index contributed by atoms with van der Waals surface area (Å²) >= 11 is 0. The number of nitrogens with zero attached hydrogens (tertiary/aromatic N) is 2. The van der Waals surface area contributed by atoms with Crippen LogP contribution in [0.3, 0.4) is 0 Å². The molecule has 1 spiro atoms. The maximum atomic E-state index is 5.59. The van der Waals surface area contributed by atoms with Gasteiger partial charge < -0.3 is 19.3 Å².